The molecule has 1 heterocycles. The standard InChI is InChI=1S/C21H27N3O2/c1-23(15-18-5-3-2-4-6-18)17-21(25)22-20-9-7-19(8-10-20)16-24-11-13-26-14-12-24/h2-10H,11-17H2,1H3,(H,22,25)/p+2. The molecule has 0 spiro atoms. The van der Waals surface area contributed by atoms with Crippen molar-refractivity contribution in [2.24, 2.45) is 0 Å². The number of nitrogens with one attached hydrogen (secondary N) is 3. The Hall–Kier alpha value is -2.21. The van der Waals surface area contributed by atoms with Gasteiger partial charge in [-0.1, -0.05) is 42.5 Å². The van der Waals surface area contributed by atoms with Crippen LogP contribution in [0.5, 0.6) is 0 Å². The van der Waals surface area contributed by atoms with E-state index in [4.69, 9.17) is 4.74 Å². The Morgan fingerprint density at radius 3 is 2.42 bits per heavy atom. The molecule has 138 valence electrons. The van der Waals surface area contributed by atoms with E-state index in [1.165, 1.54) is 16.0 Å². The number of hydrogen-bond acceptors (Lipinski definition) is 2. The second-order valence-corrected chi connectivity index (χ2v) is 7.08. The zero-order valence-corrected chi connectivity index (χ0v) is 15.5. The van der Waals surface area contributed by atoms with E-state index >= 15 is 0 Å². The van der Waals surface area contributed by atoms with Gasteiger partial charge in [-0.25, -0.2) is 0 Å². The van der Waals surface area contributed by atoms with Crippen LogP contribution in [0.1, 0.15) is 11.1 Å². The fourth-order valence-electron chi connectivity index (χ4n) is 3.32. The highest BCUT2D eigenvalue weighted by Crippen LogP contribution is 2.08. The van der Waals surface area contributed by atoms with Crippen molar-refractivity contribution in [3.63, 3.8) is 0 Å². The number of anilines is 1. The summed E-state index contributed by atoms with van der Waals surface area (Å²) in [7, 11) is 2.04. The SMILES string of the molecule is C[NH+](CC(=O)Nc1ccc(C[NH+]2CCOCC2)cc1)Cc1ccccc1. The van der Waals surface area contributed by atoms with Gasteiger partial charge < -0.3 is 19.9 Å². The summed E-state index contributed by atoms with van der Waals surface area (Å²) in [6, 6.07) is 18.5. The molecule has 0 radical (unpaired) electrons. The molecule has 0 aliphatic carbocycles. The summed E-state index contributed by atoms with van der Waals surface area (Å²) in [4.78, 5) is 15.0. The first-order valence-corrected chi connectivity index (χ1v) is 9.34. The van der Waals surface area contributed by atoms with Gasteiger partial charge in [0.05, 0.1) is 20.3 Å². The van der Waals surface area contributed by atoms with E-state index in [9.17, 15) is 4.79 Å². The van der Waals surface area contributed by atoms with E-state index in [1.807, 2.05) is 37.4 Å². The summed E-state index contributed by atoms with van der Waals surface area (Å²) in [5, 5.41) is 3.00. The van der Waals surface area contributed by atoms with Crippen LogP contribution in [0, 0.1) is 0 Å². The minimum Gasteiger partial charge on any atom is -0.370 e. The Morgan fingerprint density at radius 2 is 1.73 bits per heavy atom. The summed E-state index contributed by atoms with van der Waals surface area (Å²) in [5.41, 5.74) is 3.41. The van der Waals surface area contributed by atoms with Crippen LogP contribution in [0.2, 0.25) is 0 Å². The van der Waals surface area contributed by atoms with Crippen molar-refractivity contribution in [2.75, 3.05) is 45.2 Å². The molecule has 1 fully saturated rings. The Labute approximate surface area is 155 Å². The fraction of sp³-hybridized carbons (Fsp3) is 0.381. The molecule has 1 aliphatic rings. The van der Waals surface area contributed by atoms with Crippen LogP contribution in [-0.4, -0.2) is 45.8 Å². The number of carbonyl (C=O) groups is 1. The fourth-order valence-corrected chi connectivity index (χ4v) is 3.32. The third-order valence-electron chi connectivity index (χ3n) is 4.70. The minimum atomic E-state index is 0.0463. The number of benzene rings is 2. The normalized spacial score (nSPS) is 16.2. The molecule has 26 heavy (non-hydrogen) atoms. The van der Waals surface area contributed by atoms with E-state index in [2.05, 4.69) is 29.6 Å². The number of ether oxygens (including phenoxy) is 1. The van der Waals surface area contributed by atoms with Gasteiger partial charge in [0.1, 0.15) is 26.2 Å². The van der Waals surface area contributed by atoms with Crippen molar-refractivity contribution in [3.05, 3.63) is 65.7 Å². The second kappa shape index (κ2) is 9.48. The first kappa shape index (κ1) is 18.6. The first-order chi connectivity index (χ1) is 12.7. The Balaban J connectivity index is 1.45. The van der Waals surface area contributed by atoms with Gasteiger partial charge in [-0.15, -0.1) is 0 Å². The van der Waals surface area contributed by atoms with Crippen LogP contribution in [-0.2, 0) is 22.6 Å². The van der Waals surface area contributed by atoms with Crippen molar-refractivity contribution in [3.8, 4) is 0 Å². The molecule has 1 aliphatic heterocycles. The van der Waals surface area contributed by atoms with Crippen molar-refractivity contribution >= 4 is 11.6 Å². The highest BCUT2D eigenvalue weighted by atomic mass is 16.5. The molecule has 2 aromatic rings. The smallest absolute Gasteiger partial charge is 0.279 e. The highest BCUT2D eigenvalue weighted by Gasteiger charge is 2.14. The lowest BCUT2D eigenvalue weighted by Gasteiger charge is -2.23. The number of morpholine rings is 1. The van der Waals surface area contributed by atoms with Crippen LogP contribution < -0.4 is 15.1 Å². The number of hydrogen-bond donors (Lipinski definition) is 3. The molecular formula is C21H29N3O2+2. The predicted octanol–water partition coefficient (Wildman–Crippen LogP) is -0.245. The van der Waals surface area contributed by atoms with Gasteiger partial charge in [-0.3, -0.25) is 4.79 Å². The van der Waals surface area contributed by atoms with Gasteiger partial charge in [0.25, 0.3) is 5.91 Å². The molecule has 3 N–H and O–H groups in total. The average molecular weight is 355 g/mol. The van der Waals surface area contributed by atoms with Gasteiger partial charge in [-0.2, -0.15) is 0 Å². The van der Waals surface area contributed by atoms with Gasteiger partial charge in [0.2, 0.25) is 0 Å². The minimum absolute atomic E-state index is 0.0463. The van der Waals surface area contributed by atoms with Crippen LogP contribution in [0.3, 0.4) is 0 Å². The van der Waals surface area contributed by atoms with Crippen LogP contribution in [0.15, 0.2) is 54.6 Å². The van der Waals surface area contributed by atoms with Gasteiger partial charge in [-0.05, 0) is 12.1 Å². The number of carbonyl (C=O) groups excluding carboxylic acids is 1. The number of rotatable bonds is 7. The van der Waals surface area contributed by atoms with Gasteiger partial charge in [0.15, 0.2) is 6.54 Å². The molecule has 5 heteroatoms. The molecule has 3 rings (SSSR count). The molecule has 2 aromatic carbocycles. The van der Waals surface area contributed by atoms with Gasteiger partial charge >= 0.3 is 0 Å². The molecule has 0 bridgehead atoms. The van der Waals surface area contributed by atoms with Gasteiger partial charge in [0, 0.05) is 16.8 Å². The first-order valence-electron chi connectivity index (χ1n) is 9.34. The molecule has 1 atom stereocenters. The topological polar surface area (TPSA) is 47.2 Å². The summed E-state index contributed by atoms with van der Waals surface area (Å²) < 4.78 is 5.40. The number of quaternary nitrogens is 2. The molecule has 1 unspecified atom stereocenters. The maximum atomic E-state index is 12.3. The largest absolute Gasteiger partial charge is 0.370 e. The zero-order chi connectivity index (χ0) is 18.2. The maximum Gasteiger partial charge on any atom is 0.279 e. The van der Waals surface area contributed by atoms with E-state index in [1.54, 1.807) is 4.90 Å². The highest BCUT2D eigenvalue weighted by molar-refractivity contribution is 5.91. The molecule has 1 saturated heterocycles. The molecule has 0 aromatic heterocycles. The summed E-state index contributed by atoms with van der Waals surface area (Å²) in [6.45, 7) is 6.14. The van der Waals surface area contributed by atoms with Crippen LogP contribution >= 0.6 is 0 Å². The summed E-state index contributed by atoms with van der Waals surface area (Å²) in [5.74, 6) is 0.0463. The lowest BCUT2D eigenvalue weighted by Crippen LogP contribution is -3.12. The third kappa shape index (κ3) is 5.95. The summed E-state index contributed by atoms with van der Waals surface area (Å²) in [6.07, 6.45) is 0. The molecule has 5 nitrogen and oxygen atoms in total. The van der Waals surface area contributed by atoms with Crippen molar-refractivity contribution < 1.29 is 19.3 Å². The van der Waals surface area contributed by atoms with E-state index in [0.717, 1.165) is 45.1 Å². The molecular weight excluding hydrogens is 326 g/mol. The Kier molecular flexibility index (Phi) is 6.77. The maximum absolute atomic E-state index is 12.3. The summed E-state index contributed by atoms with van der Waals surface area (Å²) >= 11 is 0. The molecule has 1 amide bonds. The van der Waals surface area contributed by atoms with Crippen LogP contribution in [0.25, 0.3) is 0 Å². The second-order valence-electron chi connectivity index (χ2n) is 7.08. The molecule has 0 saturated carbocycles. The van der Waals surface area contributed by atoms with E-state index in [0.29, 0.717) is 6.54 Å². The Morgan fingerprint density at radius 1 is 1.04 bits per heavy atom. The van der Waals surface area contributed by atoms with Crippen molar-refractivity contribution in [1.29, 1.82) is 0 Å². The lowest BCUT2D eigenvalue weighted by molar-refractivity contribution is -0.921. The zero-order valence-electron chi connectivity index (χ0n) is 15.5. The number of amides is 1. The quantitative estimate of drug-likeness (QED) is 0.642. The predicted molar refractivity (Wildman–Crippen MR) is 102 cm³/mol. The van der Waals surface area contributed by atoms with Crippen LogP contribution in [0.4, 0.5) is 5.69 Å². The third-order valence-corrected chi connectivity index (χ3v) is 4.70. The van der Waals surface area contributed by atoms with Crippen molar-refractivity contribution in [2.45, 2.75) is 13.1 Å². The lowest BCUT2D eigenvalue weighted by atomic mass is 10.2. The average Bonchev–Trinajstić information content (AvgIpc) is 2.65. The monoisotopic (exact) mass is 355 g/mol. The van der Waals surface area contributed by atoms with E-state index in [-0.39, 0.29) is 5.91 Å². The van der Waals surface area contributed by atoms with E-state index < -0.39 is 0 Å². The van der Waals surface area contributed by atoms with Crippen molar-refractivity contribution in [1.82, 2.24) is 0 Å². The Bertz CT molecular complexity index is 682. The number of likely N-dealkylation sites (N-methyl/N-ethyl adjacent to an activating group) is 1.